The Kier molecular flexibility index (Phi) is 4.56. The standard InChI is InChI=1S/C15H22N2O2/c1-11(2)14-10-17(8-7-16-14)9-12-5-3-4-6-13(12)15(18)19/h3-6,11,14,16H,7-10H2,1-2H3,(H,18,19)/t14-/m0/s1. The number of piperazine rings is 1. The van der Waals surface area contributed by atoms with Crippen molar-refractivity contribution in [3.63, 3.8) is 0 Å². The number of carbonyl (C=O) groups is 1. The molecule has 2 rings (SSSR count). The Balaban J connectivity index is 2.07. The Morgan fingerprint density at radius 3 is 2.89 bits per heavy atom. The SMILES string of the molecule is CC(C)[C@@H]1CN(Cc2ccccc2C(=O)O)CCN1. The molecule has 0 spiro atoms. The summed E-state index contributed by atoms with van der Waals surface area (Å²) in [6.07, 6.45) is 0. The largest absolute Gasteiger partial charge is 0.478 e. The zero-order valence-corrected chi connectivity index (χ0v) is 11.6. The molecule has 1 aromatic carbocycles. The van der Waals surface area contributed by atoms with Crippen LogP contribution in [0.2, 0.25) is 0 Å². The van der Waals surface area contributed by atoms with Gasteiger partial charge in [0, 0.05) is 32.2 Å². The van der Waals surface area contributed by atoms with Gasteiger partial charge in [-0.05, 0) is 17.5 Å². The van der Waals surface area contributed by atoms with E-state index in [1.165, 1.54) is 0 Å². The predicted molar refractivity (Wildman–Crippen MR) is 75.3 cm³/mol. The number of rotatable bonds is 4. The minimum Gasteiger partial charge on any atom is -0.478 e. The normalized spacial score (nSPS) is 20.7. The van der Waals surface area contributed by atoms with Crippen molar-refractivity contribution >= 4 is 5.97 Å². The fourth-order valence-corrected chi connectivity index (χ4v) is 2.54. The number of nitrogens with one attached hydrogen (secondary N) is 1. The van der Waals surface area contributed by atoms with Gasteiger partial charge in [0.25, 0.3) is 0 Å². The van der Waals surface area contributed by atoms with E-state index in [0.717, 1.165) is 25.2 Å². The average Bonchev–Trinajstić information content (AvgIpc) is 2.39. The fourth-order valence-electron chi connectivity index (χ4n) is 2.54. The van der Waals surface area contributed by atoms with Gasteiger partial charge in [0.2, 0.25) is 0 Å². The third kappa shape index (κ3) is 3.55. The summed E-state index contributed by atoms with van der Waals surface area (Å²) in [6.45, 7) is 8.06. The Hall–Kier alpha value is -1.39. The fraction of sp³-hybridized carbons (Fsp3) is 0.533. The highest BCUT2D eigenvalue weighted by Crippen LogP contribution is 2.15. The first-order valence-corrected chi connectivity index (χ1v) is 6.85. The summed E-state index contributed by atoms with van der Waals surface area (Å²) >= 11 is 0. The summed E-state index contributed by atoms with van der Waals surface area (Å²) in [4.78, 5) is 13.5. The van der Waals surface area contributed by atoms with Gasteiger partial charge in [-0.1, -0.05) is 32.0 Å². The molecule has 104 valence electrons. The molecule has 1 aliphatic heterocycles. The van der Waals surface area contributed by atoms with Crippen LogP contribution in [0.15, 0.2) is 24.3 Å². The molecule has 1 heterocycles. The maximum atomic E-state index is 11.2. The smallest absolute Gasteiger partial charge is 0.336 e. The molecule has 0 aliphatic carbocycles. The molecule has 19 heavy (non-hydrogen) atoms. The molecule has 1 aromatic rings. The van der Waals surface area contributed by atoms with Crippen molar-refractivity contribution in [1.29, 1.82) is 0 Å². The van der Waals surface area contributed by atoms with Crippen LogP contribution < -0.4 is 5.32 Å². The van der Waals surface area contributed by atoms with Crippen LogP contribution in [-0.4, -0.2) is 41.7 Å². The second-order valence-corrected chi connectivity index (χ2v) is 5.50. The van der Waals surface area contributed by atoms with Gasteiger partial charge in [0.1, 0.15) is 0 Å². The maximum Gasteiger partial charge on any atom is 0.336 e. The maximum absolute atomic E-state index is 11.2. The summed E-state index contributed by atoms with van der Waals surface area (Å²) in [5.74, 6) is -0.247. The van der Waals surface area contributed by atoms with Gasteiger partial charge >= 0.3 is 5.97 Å². The topological polar surface area (TPSA) is 52.6 Å². The lowest BCUT2D eigenvalue weighted by atomic mass is 10.0. The quantitative estimate of drug-likeness (QED) is 0.869. The number of aromatic carboxylic acids is 1. The van der Waals surface area contributed by atoms with Crippen molar-refractivity contribution in [3.8, 4) is 0 Å². The lowest BCUT2D eigenvalue weighted by Gasteiger charge is -2.36. The predicted octanol–water partition coefficient (Wildman–Crippen LogP) is 1.81. The van der Waals surface area contributed by atoms with Gasteiger partial charge in [-0.15, -0.1) is 0 Å². The minimum absolute atomic E-state index is 0.419. The summed E-state index contributed by atoms with van der Waals surface area (Å²) in [7, 11) is 0. The monoisotopic (exact) mass is 262 g/mol. The lowest BCUT2D eigenvalue weighted by molar-refractivity contribution is 0.0693. The molecule has 0 bridgehead atoms. The Morgan fingerprint density at radius 1 is 1.47 bits per heavy atom. The van der Waals surface area contributed by atoms with E-state index in [1.807, 2.05) is 12.1 Å². The van der Waals surface area contributed by atoms with E-state index in [2.05, 4.69) is 24.1 Å². The first-order chi connectivity index (χ1) is 9.08. The van der Waals surface area contributed by atoms with Crippen LogP contribution in [0.3, 0.4) is 0 Å². The zero-order valence-electron chi connectivity index (χ0n) is 11.6. The van der Waals surface area contributed by atoms with E-state index in [1.54, 1.807) is 12.1 Å². The molecule has 4 heteroatoms. The number of carboxylic acid groups (broad SMARTS) is 1. The highest BCUT2D eigenvalue weighted by atomic mass is 16.4. The Labute approximate surface area is 114 Å². The van der Waals surface area contributed by atoms with Crippen molar-refractivity contribution in [1.82, 2.24) is 10.2 Å². The van der Waals surface area contributed by atoms with Crippen LogP contribution in [0.5, 0.6) is 0 Å². The van der Waals surface area contributed by atoms with E-state index in [9.17, 15) is 9.90 Å². The van der Waals surface area contributed by atoms with Crippen molar-refractivity contribution < 1.29 is 9.90 Å². The molecule has 1 saturated heterocycles. The van der Waals surface area contributed by atoms with Crippen LogP contribution in [0, 0.1) is 5.92 Å². The van der Waals surface area contributed by atoms with Crippen LogP contribution >= 0.6 is 0 Å². The van der Waals surface area contributed by atoms with Crippen molar-refractivity contribution in [3.05, 3.63) is 35.4 Å². The van der Waals surface area contributed by atoms with E-state index < -0.39 is 5.97 Å². The number of hydrogen-bond acceptors (Lipinski definition) is 3. The van der Waals surface area contributed by atoms with E-state index >= 15 is 0 Å². The van der Waals surface area contributed by atoms with Gasteiger partial charge < -0.3 is 10.4 Å². The van der Waals surface area contributed by atoms with Gasteiger partial charge in [-0.25, -0.2) is 4.79 Å². The molecule has 0 amide bonds. The van der Waals surface area contributed by atoms with Gasteiger partial charge in [0.15, 0.2) is 0 Å². The summed E-state index contributed by atoms with van der Waals surface area (Å²) in [6, 6.07) is 7.77. The molecule has 1 aliphatic rings. The molecule has 2 N–H and O–H groups in total. The summed E-state index contributed by atoms with van der Waals surface area (Å²) < 4.78 is 0. The van der Waals surface area contributed by atoms with Crippen LogP contribution in [0.4, 0.5) is 0 Å². The number of hydrogen-bond donors (Lipinski definition) is 2. The highest BCUT2D eigenvalue weighted by molar-refractivity contribution is 5.89. The molecule has 0 aromatic heterocycles. The van der Waals surface area contributed by atoms with Crippen LogP contribution in [-0.2, 0) is 6.54 Å². The van der Waals surface area contributed by atoms with Gasteiger partial charge in [-0.3, -0.25) is 4.90 Å². The average molecular weight is 262 g/mol. The van der Waals surface area contributed by atoms with Gasteiger partial charge in [0.05, 0.1) is 5.56 Å². The van der Waals surface area contributed by atoms with E-state index in [-0.39, 0.29) is 0 Å². The summed E-state index contributed by atoms with van der Waals surface area (Å²) in [5.41, 5.74) is 1.32. The second kappa shape index (κ2) is 6.17. The molecule has 0 unspecified atom stereocenters. The molecule has 4 nitrogen and oxygen atoms in total. The van der Waals surface area contributed by atoms with Crippen molar-refractivity contribution in [2.45, 2.75) is 26.4 Å². The molecule has 1 atom stereocenters. The Bertz CT molecular complexity index is 446. The van der Waals surface area contributed by atoms with Gasteiger partial charge in [-0.2, -0.15) is 0 Å². The molecule has 0 radical (unpaired) electrons. The van der Waals surface area contributed by atoms with Crippen LogP contribution in [0.1, 0.15) is 29.8 Å². The number of benzene rings is 1. The minimum atomic E-state index is -0.842. The molecular weight excluding hydrogens is 240 g/mol. The number of carboxylic acids is 1. The van der Waals surface area contributed by atoms with Crippen molar-refractivity contribution in [2.75, 3.05) is 19.6 Å². The third-order valence-corrected chi connectivity index (χ3v) is 3.74. The first kappa shape index (κ1) is 14.0. The highest BCUT2D eigenvalue weighted by Gasteiger charge is 2.22. The zero-order chi connectivity index (χ0) is 13.8. The molecule has 0 saturated carbocycles. The first-order valence-electron chi connectivity index (χ1n) is 6.85. The third-order valence-electron chi connectivity index (χ3n) is 3.74. The molecular formula is C15H22N2O2. The number of nitrogens with zero attached hydrogens (tertiary/aromatic N) is 1. The van der Waals surface area contributed by atoms with E-state index in [0.29, 0.717) is 24.1 Å². The molecule has 1 fully saturated rings. The lowest BCUT2D eigenvalue weighted by Crippen LogP contribution is -2.52. The van der Waals surface area contributed by atoms with Crippen molar-refractivity contribution in [2.24, 2.45) is 5.92 Å². The Morgan fingerprint density at radius 2 is 2.21 bits per heavy atom. The second-order valence-electron chi connectivity index (χ2n) is 5.50. The van der Waals surface area contributed by atoms with Crippen LogP contribution in [0.25, 0.3) is 0 Å². The summed E-state index contributed by atoms with van der Waals surface area (Å²) in [5, 5.41) is 12.7. The van der Waals surface area contributed by atoms with E-state index in [4.69, 9.17) is 0 Å².